The summed E-state index contributed by atoms with van der Waals surface area (Å²) in [7, 11) is 2.02. The number of hydrogen-bond acceptors (Lipinski definition) is 1. The van der Waals surface area contributed by atoms with Gasteiger partial charge in [0.25, 0.3) is 0 Å². The van der Waals surface area contributed by atoms with Gasteiger partial charge in [0.2, 0.25) is 0 Å². The van der Waals surface area contributed by atoms with Crippen LogP contribution in [0.15, 0.2) is 12.2 Å². The molecule has 13 heavy (non-hydrogen) atoms. The third-order valence-electron chi connectivity index (χ3n) is 2.53. The number of hydrogen-bond donors (Lipinski definition) is 1. The fraction of sp³-hybridized carbons (Fsp3) is 0.833. The second kappa shape index (κ2) is 8.31. The molecule has 0 rings (SSSR count). The van der Waals surface area contributed by atoms with Crippen molar-refractivity contribution < 1.29 is 0 Å². The molecule has 0 bridgehead atoms. The zero-order chi connectivity index (χ0) is 10.1. The zero-order valence-corrected chi connectivity index (χ0v) is 9.53. The summed E-state index contributed by atoms with van der Waals surface area (Å²) in [5, 5.41) is 3.21. The number of rotatable bonds is 8. The van der Waals surface area contributed by atoms with Crippen molar-refractivity contribution in [2.75, 3.05) is 13.6 Å². The molecule has 0 aromatic heterocycles. The van der Waals surface area contributed by atoms with Gasteiger partial charge in [0.15, 0.2) is 0 Å². The van der Waals surface area contributed by atoms with Crippen molar-refractivity contribution in [2.24, 2.45) is 5.92 Å². The van der Waals surface area contributed by atoms with E-state index in [0.29, 0.717) is 0 Å². The van der Waals surface area contributed by atoms with Crippen molar-refractivity contribution in [3.05, 3.63) is 12.2 Å². The average Bonchev–Trinajstić information content (AvgIpc) is 2.12. The van der Waals surface area contributed by atoms with E-state index in [9.17, 15) is 0 Å². The topological polar surface area (TPSA) is 12.0 Å². The molecule has 0 fully saturated rings. The van der Waals surface area contributed by atoms with Gasteiger partial charge in [0.1, 0.15) is 0 Å². The summed E-state index contributed by atoms with van der Waals surface area (Å²) in [4.78, 5) is 0. The molecule has 0 radical (unpaired) electrons. The Balaban J connectivity index is 3.83. The van der Waals surface area contributed by atoms with Gasteiger partial charge < -0.3 is 5.32 Å². The Morgan fingerprint density at radius 1 is 1.23 bits per heavy atom. The second-order valence-electron chi connectivity index (χ2n) is 3.79. The molecule has 0 aliphatic heterocycles. The van der Waals surface area contributed by atoms with Crippen LogP contribution >= 0.6 is 0 Å². The first kappa shape index (κ1) is 12.7. The Hall–Kier alpha value is -0.300. The molecule has 0 saturated heterocycles. The van der Waals surface area contributed by atoms with Gasteiger partial charge in [0, 0.05) is 0 Å². The number of allylic oxidation sites excluding steroid dienone is 1. The molecule has 0 aromatic carbocycles. The Morgan fingerprint density at radius 3 is 2.38 bits per heavy atom. The lowest BCUT2D eigenvalue weighted by atomic mass is 9.89. The minimum absolute atomic E-state index is 0.748. The predicted octanol–water partition coefficient (Wildman–Crippen LogP) is 3.37. The van der Waals surface area contributed by atoms with Crippen LogP contribution in [0.5, 0.6) is 0 Å². The van der Waals surface area contributed by atoms with Crippen LogP contribution in [0.2, 0.25) is 0 Å². The lowest BCUT2D eigenvalue weighted by molar-refractivity contribution is 0.485. The van der Waals surface area contributed by atoms with E-state index >= 15 is 0 Å². The van der Waals surface area contributed by atoms with Gasteiger partial charge in [-0.25, -0.2) is 0 Å². The van der Waals surface area contributed by atoms with Crippen molar-refractivity contribution in [1.29, 1.82) is 0 Å². The summed E-state index contributed by atoms with van der Waals surface area (Å²) >= 11 is 0. The van der Waals surface area contributed by atoms with Crippen LogP contribution in [-0.2, 0) is 0 Å². The maximum Gasteiger partial charge on any atom is -0.00462 e. The Labute approximate surface area is 83.6 Å². The molecule has 1 nitrogen and oxygen atoms in total. The average molecular weight is 183 g/mol. The van der Waals surface area contributed by atoms with Crippen molar-refractivity contribution in [2.45, 2.75) is 46.0 Å². The minimum Gasteiger partial charge on any atom is -0.320 e. The molecular weight excluding hydrogens is 158 g/mol. The zero-order valence-electron chi connectivity index (χ0n) is 9.53. The molecule has 0 aliphatic rings. The largest absolute Gasteiger partial charge is 0.320 e. The maximum atomic E-state index is 4.19. The molecule has 0 heterocycles. The van der Waals surface area contributed by atoms with Gasteiger partial charge in [-0.05, 0) is 38.8 Å². The molecular formula is C12H25N. The highest BCUT2D eigenvalue weighted by Gasteiger charge is 2.09. The molecule has 0 aliphatic carbocycles. The normalized spacial score (nSPS) is 12.8. The Morgan fingerprint density at radius 2 is 1.92 bits per heavy atom. The van der Waals surface area contributed by atoms with E-state index in [-0.39, 0.29) is 0 Å². The van der Waals surface area contributed by atoms with E-state index in [2.05, 4.69) is 25.7 Å². The first-order chi connectivity index (χ1) is 6.26. The highest BCUT2D eigenvalue weighted by atomic mass is 14.8. The van der Waals surface area contributed by atoms with E-state index in [1.165, 1.54) is 37.7 Å². The third kappa shape index (κ3) is 5.87. The first-order valence-electron chi connectivity index (χ1n) is 5.58. The van der Waals surface area contributed by atoms with Gasteiger partial charge in [0.05, 0.1) is 0 Å². The highest BCUT2D eigenvalue weighted by Crippen LogP contribution is 2.22. The van der Waals surface area contributed by atoms with Crippen LogP contribution in [0.25, 0.3) is 0 Å². The molecule has 1 N–H and O–H groups in total. The number of nitrogens with one attached hydrogen (secondary N) is 1. The van der Waals surface area contributed by atoms with Crippen LogP contribution in [0, 0.1) is 5.92 Å². The summed E-state index contributed by atoms with van der Waals surface area (Å²) in [5.41, 5.74) is 1.46. The molecule has 0 saturated carbocycles. The van der Waals surface area contributed by atoms with Crippen molar-refractivity contribution in [3.63, 3.8) is 0 Å². The monoisotopic (exact) mass is 183 g/mol. The lowest BCUT2D eigenvalue weighted by Gasteiger charge is -2.18. The van der Waals surface area contributed by atoms with Gasteiger partial charge >= 0.3 is 0 Å². The highest BCUT2D eigenvalue weighted by molar-refractivity contribution is 5.00. The summed E-state index contributed by atoms with van der Waals surface area (Å²) in [6.45, 7) is 9.79. The smallest absolute Gasteiger partial charge is 0.00462 e. The van der Waals surface area contributed by atoms with Gasteiger partial charge in [-0.3, -0.25) is 0 Å². The molecule has 1 unspecified atom stereocenters. The molecule has 78 valence electrons. The van der Waals surface area contributed by atoms with E-state index in [4.69, 9.17) is 0 Å². The van der Waals surface area contributed by atoms with Crippen molar-refractivity contribution in [3.8, 4) is 0 Å². The van der Waals surface area contributed by atoms with Gasteiger partial charge in [-0.2, -0.15) is 0 Å². The molecule has 0 aromatic rings. The Bertz CT molecular complexity index is 129. The fourth-order valence-corrected chi connectivity index (χ4v) is 1.74. The fourth-order valence-electron chi connectivity index (χ4n) is 1.74. The molecule has 1 heteroatoms. The standard InChI is InChI=1S/C12H25N/c1-5-7-11(3)12(8-6-2)9-10-13-4/h12-13H,3,5-10H2,1-2,4H3. The summed E-state index contributed by atoms with van der Waals surface area (Å²) in [5.74, 6) is 0.748. The maximum absolute atomic E-state index is 4.19. The first-order valence-corrected chi connectivity index (χ1v) is 5.58. The van der Waals surface area contributed by atoms with Gasteiger partial charge in [-0.15, -0.1) is 0 Å². The van der Waals surface area contributed by atoms with Gasteiger partial charge in [-0.1, -0.05) is 38.8 Å². The van der Waals surface area contributed by atoms with Crippen molar-refractivity contribution >= 4 is 0 Å². The molecule has 1 atom stereocenters. The minimum atomic E-state index is 0.748. The summed E-state index contributed by atoms with van der Waals surface area (Å²) < 4.78 is 0. The molecule has 0 amide bonds. The predicted molar refractivity (Wildman–Crippen MR) is 61.0 cm³/mol. The third-order valence-corrected chi connectivity index (χ3v) is 2.53. The van der Waals surface area contributed by atoms with Crippen LogP contribution in [0.4, 0.5) is 0 Å². The SMILES string of the molecule is C=C(CCC)C(CCC)CCNC. The lowest BCUT2D eigenvalue weighted by Crippen LogP contribution is -2.14. The van der Waals surface area contributed by atoms with Crippen molar-refractivity contribution in [1.82, 2.24) is 5.32 Å². The van der Waals surface area contributed by atoms with Crippen LogP contribution in [0.3, 0.4) is 0 Å². The van der Waals surface area contributed by atoms with E-state index in [0.717, 1.165) is 12.5 Å². The van der Waals surface area contributed by atoms with Crippen LogP contribution in [-0.4, -0.2) is 13.6 Å². The molecule has 0 spiro atoms. The van der Waals surface area contributed by atoms with E-state index < -0.39 is 0 Å². The van der Waals surface area contributed by atoms with Crippen LogP contribution < -0.4 is 5.32 Å². The second-order valence-corrected chi connectivity index (χ2v) is 3.79. The quantitative estimate of drug-likeness (QED) is 0.569. The van der Waals surface area contributed by atoms with E-state index in [1.807, 2.05) is 7.05 Å². The van der Waals surface area contributed by atoms with E-state index in [1.54, 1.807) is 0 Å². The summed E-state index contributed by atoms with van der Waals surface area (Å²) in [6, 6.07) is 0. The Kier molecular flexibility index (Phi) is 8.11. The summed E-state index contributed by atoms with van der Waals surface area (Å²) in [6.07, 6.45) is 6.27. The van der Waals surface area contributed by atoms with Crippen LogP contribution in [0.1, 0.15) is 46.0 Å².